The van der Waals surface area contributed by atoms with E-state index in [0.29, 0.717) is 18.8 Å². The van der Waals surface area contributed by atoms with Gasteiger partial charge in [0.25, 0.3) is 0 Å². The molecule has 0 aliphatic carbocycles. The van der Waals surface area contributed by atoms with E-state index in [-0.39, 0.29) is 34.6 Å². The van der Waals surface area contributed by atoms with Gasteiger partial charge in [0, 0.05) is 12.2 Å². The van der Waals surface area contributed by atoms with Crippen LogP contribution in [0.4, 0.5) is 4.79 Å². The average Bonchev–Trinajstić information content (AvgIpc) is 2.61. The van der Waals surface area contributed by atoms with E-state index < -0.39 is 28.7 Å². The van der Waals surface area contributed by atoms with Gasteiger partial charge in [0.1, 0.15) is 13.2 Å². The first kappa shape index (κ1) is 34.4. The quantitative estimate of drug-likeness (QED) is 0.132. The Bertz CT molecular complexity index is 512. The predicted molar refractivity (Wildman–Crippen MR) is 135 cm³/mol. The summed E-state index contributed by atoms with van der Waals surface area (Å²) in [5, 5.41) is 2.50. The zero-order chi connectivity index (χ0) is 22.3. The fraction of sp³-hybridized carbons (Fsp3) is 0.818. The smallest absolute Gasteiger partial charge is 0.407 e. The Morgan fingerprint density at radius 2 is 1.45 bits per heavy atom. The Morgan fingerprint density at radius 3 is 2.00 bits per heavy atom. The molecule has 9 heteroatoms. The Labute approximate surface area is 193 Å². The van der Waals surface area contributed by atoms with Crippen LogP contribution in [-0.4, -0.2) is 61.7 Å². The number of nitrogens with one attached hydrogen (secondary N) is 1. The van der Waals surface area contributed by atoms with Crippen molar-refractivity contribution in [3.05, 3.63) is 12.2 Å². The van der Waals surface area contributed by atoms with E-state index in [1.54, 1.807) is 6.92 Å². The van der Waals surface area contributed by atoms with Gasteiger partial charge in [0.2, 0.25) is 0 Å². The van der Waals surface area contributed by atoms with Gasteiger partial charge in [-0.15, -0.1) is 0 Å². The summed E-state index contributed by atoms with van der Waals surface area (Å²) in [5.74, 6) is -0.475. The highest BCUT2D eigenvalue weighted by Crippen LogP contribution is 2.24. The summed E-state index contributed by atoms with van der Waals surface area (Å²) < 4.78 is 22.0. The van der Waals surface area contributed by atoms with Crippen LogP contribution in [0.1, 0.15) is 48.0 Å². The molecule has 0 aromatic carbocycles. The maximum Gasteiger partial charge on any atom is 0.407 e. The maximum atomic E-state index is 11.5. The van der Waals surface area contributed by atoms with Gasteiger partial charge >= 0.3 is 12.1 Å². The molecule has 0 saturated heterocycles. The van der Waals surface area contributed by atoms with Crippen LogP contribution in [0.3, 0.4) is 0 Å². The lowest BCUT2D eigenvalue weighted by Crippen LogP contribution is -2.44. The zero-order valence-corrected chi connectivity index (χ0v) is 21.2. The minimum Gasteiger partial charge on any atom is -0.460 e. The average molecular weight is 480 g/mol. The number of hydrogen-bond acceptors (Lipinski definition) is 6. The first-order valence-corrected chi connectivity index (χ1v) is 16.7. The van der Waals surface area contributed by atoms with Gasteiger partial charge < -0.3 is 23.6 Å². The predicted octanol–water partition coefficient (Wildman–Crippen LogP) is 5.74. The third-order valence-electron chi connectivity index (χ3n) is 4.17. The second-order valence-corrected chi connectivity index (χ2v) is 17.3. The SMILES string of the molecule is C.C.C=C(C)C(=O)OCCNC(=O)OCCOCCC[Si](C)(C)O[Si](C)(C)CCCC. The lowest BCUT2D eigenvalue weighted by Gasteiger charge is -2.34. The van der Waals surface area contributed by atoms with E-state index in [4.69, 9.17) is 18.3 Å². The van der Waals surface area contributed by atoms with Crippen LogP contribution in [-0.2, 0) is 23.1 Å². The number of esters is 1. The number of alkyl carbamates (subject to hydrolysis) is 1. The minimum absolute atomic E-state index is 0. The van der Waals surface area contributed by atoms with Crippen LogP contribution in [0.25, 0.3) is 0 Å². The number of carbonyl (C=O) groups is 2. The number of carbonyl (C=O) groups excluding carboxylic acids is 2. The van der Waals surface area contributed by atoms with Gasteiger partial charge in [-0.1, -0.05) is 41.2 Å². The third kappa shape index (κ3) is 20.5. The lowest BCUT2D eigenvalue weighted by molar-refractivity contribution is -0.138. The molecule has 1 N–H and O–H groups in total. The first-order chi connectivity index (χ1) is 13.5. The fourth-order valence-corrected chi connectivity index (χ4v) is 11.8. The summed E-state index contributed by atoms with van der Waals surface area (Å²) in [4.78, 5) is 22.7. The van der Waals surface area contributed by atoms with Crippen LogP contribution >= 0.6 is 0 Å². The molecular weight excluding hydrogens is 430 g/mol. The molecule has 186 valence electrons. The molecule has 7 nitrogen and oxygen atoms in total. The van der Waals surface area contributed by atoms with Gasteiger partial charge in [-0.2, -0.15) is 0 Å². The molecule has 0 fully saturated rings. The monoisotopic (exact) mass is 479 g/mol. The summed E-state index contributed by atoms with van der Waals surface area (Å²) in [6.45, 7) is 17.9. The van der Waals surface area contributed by atoms with Crippen molar-refractivity contribution in [2.75, 3.05) is 33.0 Å². The molecule has 0 atom stereocenters. The van der Waals surface area contributed by atoms with E-state index in [2.05, 4.69) is 45.0 Å². The number of rotatable bonds is 16. The second kappa shape index (κ2) is 18.4. The fourth-order valence-electron chi connectivity index (χ4n) is 2.82. The van der Waals surface area contributed by atoms with Gasteiger partial charge in [-0.25, -0.2) is 9.59 Å². The molecule has 0 spiro atoms. The van der Waals surface area contributed by atoms with Gasteiger partial charge in [-0.05, 0) is 51.6 Å². The normalized spacial score (nSPS) is 11.0. The summed E-state index contributed by atoms with van der Waals surface area (Å²) in [5.41, 5.74) is 0.324. The van der Waals surface area contributed by atoms with Crippen LogP contribution < -0.4 is 5.32 Å². The molecule has 0 unspecified atom stereocenters. The minimum atomic E-state index is -1.66. The Balaban J connectivity index is -0.00000392. The van der Waals surface area contributed by atoms with Crippen molar-refractivity contribution in [3.8, 4) is 0 Å². The van der Waals surface area contributed by atoms with E-state index in [0.717, 1.165) is 12.5 Å². The van der Waals surface area contributed by atoms with Crippen LogP contribution in [0.2, 0.25) is 38.3 Å². The van der Waals surface area contributed by atoms with Gasteiger partial charge in [0.05, 0.1) is 13.2 Å². The lowest BCUT2D eigenvalue weighted by atomic mass is 10.4. The highest BCUT2D eigenvalue weighted by molar-refractivity contribution is 6.84. The molecule has 0 bridgehead atoms. The van der Waals surface area contributed by atoms with Crippen LogP contribution in [0, 0.1) is 0 Å². The molecule has 31 heavy (non-hydrogen) atoms. The molecule has 0 saturated carbocycles. The summed E-state index contributed by atoms with van der Waals surface area (Å²) >= 11 is 0. The van der Waals surface area contributed by atoms with Crippen molar-refractivity contribution >= 4 is 28.7 Å². The van der Waals surface area contributed by atoms with Crippen molar-refractivity contribution in [1.29, 1.82) is 0 Å². The van der Waals surface area contributed by atoms with Crippen LogP contribution in [0.5, 0.6) is 0 Å². The first-order valence-electron chi connectivity index (χ1n) is 10.5. The molecule has 0 rings (SSSR count). The van der Waals surface area contributed by atoms with Crippen molar-refractivity contribution in [1.82, 2.24) is 5.32 Å². The topological polar surface area (TPSA) is 83.1 Å². The Morgan fingerprint density at radius 1 is 0.871 bits per heavy atom. The molecule has 0 aromatic rings. The maximum absolute atomic E-state index is 11.5. The van der Waals surface area contributed by atoms with E-state index in [9.17, 15) is 9.59 Å². The van der Waals surface area contributed by atoms with Crippen molar-refractivity contribution < 1.29 is 27.9 Å². The molecule has 1 amide bonds. The number of unbranched alkanes of at least 4 members (excludes halogenated alkanes) is 1. The summed E-state index contributed by atoms with van der Waals surface area (Å²) in [6.07, 6.45) is 2.87. The molecule has 0 heterocycles. The molecule has 0 aliphatic heterocycles. The number of ether oxygens (including phenoxy) is 3. The van der Waals surface area contributed by atoms with E-state index in [1.807, 2.05) is 0 Å². The van der Waals surface area contributed by atoms with Crippen molar-refractivity contribution in [2.24, 2.45) is 0 Å². The zero-order valence-electron chi connectivity index (χ0n) is 19.2. The van der Waals surface area contributed by atoms with E-state index >= 15 is 0 Å². The molecular formula is C22H49NO6Si2. The molecule has 0 aromatic heterocycles. The number of amides is 1. The van der Waals surface area contributed by atoms with Crippen molar-refractivity contribution in [2.45, 2.75) is 86.2 Å². The number of hydrogen-bond donors (Lipinski definition) is 1. The Hall–Kier alpha value is -1.17. The largest absolute Gasteiger partial charge is 0.460 e. The van der Waals surface area contributed by atoms with Crippen molar-refractivity contribution in [3.63, 3.8) is 0 Å². The molecule has 0 aliphatic rings. The second-order valence-electron chi connectivity index (χ2n) is 8.42. The standard InChI is InChI=1S/C20H41NO6Si2.2CH4/c1-8-9-16-28(4,5)27-29(6,7)17-10-12-24-14-15-26-20(23)21-11-13-25-19(22)18(2)3;;/h2,8-17H2,1,3-7H3,(H,21,23);2*1H4. The molecule has 0 radical (unpaired) electrons. The van der Waals surface area contributed by atoms with Crippen LogP contribution in [0.15, 0.2) is 12.2 Å². The Kier molecular flexibility index (Phi) is 20.5. The third-order valence-corrected chi connectivity index (χ3v) is 11.7. The highest BCUT2D eigenvalue weighted by Gasteiger charge is 2.31. The van der Waals surface area contributed by atoms with Gasteiger partial charge in [-0.3, -0.25) is 0 Å². The van der Waals surface area contributed by atoms with Gasteiger partial charge in [0.15, 0.2) is 16.6 Å². The summed E-state index contributed by atoms with van der Waals surface area (Å²) in [6, 6.07) is 2.30. The summed E-state index contributed by atoms with van der Waals surface area (Å²) in [7, 11) is -3.22. The highest BCUT2D eigenvalue weighted by atomic mass is 28.4. The van der Waals surface area contributed by atoms with E-state index in [1.165, 1.54) is 18.9 Å².